The average Bonchev–Trinajstić information content (AvgIpc) is 2.37. The van der Waals surface area contributed by atoms with Crippen molar-refractivity contribution in [3.63, 3.8) is 0 Å². The third-order valence-corrected chi connectivity index (χ3v) is 4.42. The van der Waals surface area contributed by atoms with Crippen LogP contribution in [0.4, 0.5) is 13.2 Å². The second-order valence-electron chi connectivity index (χ2n) is 5.73. The molecule has 2 N–H and O–H groups in total. The van der Waals surface area contributed by atoms with E-state index in [1.54, 1.807) is 0 Å². The molecule has 0 aliphatic heterocycles. The van der Waals surface area contributed by atoms with E-state index in [-0.39, 0.29) is 18.4 Å². The Labute approximate surface area is 114 Å². The third kappa shape index (κ3) is 4.09. The summed E-state index contributed by atoms with van der Waals surface area (Å²) in [5, 5.41) is 0. The Kier molecular flexibility index (Phi) is 6.12. The van der Waals surface area contributed by atoms with Gasteiger partial charge in [0.2, 0.25) is 0 Å². The molecule has 5 heteroatoms. The molecule has 0 radical (unpaired) electrons. The van der Waals surface area contributed by atoms with Gasteiger partial charge in [-0.25, -0.2) is 0 Å². The number of halogens is 3. The van der Waals surface area contributed by atoms with Crippen LogP contribution in [0, 0.1) is 5.92 Å². The molecule has 0 saturated heterocycles. The van der Waals surface area contributed by atoms with Crippen LogP contribution >= 0.6 is 0 Å². The standard InChI is InChI=1S/C14H27F3N2/c1-3-9-19(10-4-2)13(11-18)7-5-12(6-8-13)14(15,16)17/h12H,3-11,18H2,1-2H3. The van der Waals surface area contributed by atoms with Gasteiger partial charge in [0.25, 0.3) is 0 Å². The maximum absolute atomic E-state index is 12.7. The summed E-state index contributed by atoms with van der Waals surface area (Å²) in [6.07, 6.45) is -0.396. The summed E-state index contributed by atoms with van der Waals surface area (Å²) in [5.74, 6) is -1.13. The van der Waals surface area contributed by atoms with Gasteiger partial charge in [0.15, 0.2) is 0 Å². The van der Waals surface area contributed by atoms with E-state index in [4.69, 9.17) is 5.73 Å². The van der Waals surface area contributed by atoms with Crippen molar-refractivity contribution in [2.45, 2.75) is 64.1 Å². The molecule has 1 rings (SSSR count). The minimum Gasteiger partial charge on any atom is -0.329 e. The molecule has 0 aromatic heterocycles. The van der Waals surface area contributed by atoms with Crippen molar-refractivity contribution in [1.82, 2.24) is 4.90 Å². The Balaban J connectivity index is 2.72. The lowest BCUT2D eigenvalue weighted by atomic mass is 9.75. The van der Waals surface area contributed by atoms with E-state index in [9.17, 15) is 13.2 Å². The van der Waals surface area contributed by atoms with Crippen molar-refractivity contribution in [3.8, 4) is 0 Å². The fourth-order valence-electron chi connectivity index (χ4n) is 3.26. The van der Waals surface area contributed by atoms with E-state index in [0.29, 0.717) is 19.4 Å². The molecule has 0 bridgehead atoms. The minimum absolute atomic E-state index is 0.201. The first-order valence-corrected chi connectivity index (χ1v) is 7.41. The van der Waals surface area contributed by atoms with Gasteiger partial charge < -0.3 is 5.73 Å². The Morgan fingerprint density at radius 2 is 1.58 bits per heavy atom. The highest BCUT2D eigenvalue weighted by Crippen LogP contribution is 2.43. The summed E-state index contributed by atoms with van der Waals surface area (Å²) in [6.45, 7) is 6.55. The van der Waals surface area contributed by atoms with Crippen LogP contribution in [0.1, 0.15) is 52.4 Å². The van der Waals surface area contributed by atoms with E-state index in [2.05, 4.69) is 18.7 Å². The molecule has 114 valence electrons. The Morgan fingerprint density at radius 1 is 1.11 bits per heavy atom. The van der Waals surface area contributed by atoms with Crippen molar-refractivity contribution in [2.75, 3.05) is 19.6 Å². The van der Waals surface area contributed by atoms with Crippen LogP contribution in [0.2, 0.25) is 0 Å². The van der Waals surface area contributed by atoms with Gasteiger partial charge in [-0.05, 0) is 51.6 Å². The van der Waals surface area contributed by atoms with Crippen LogP contribution in [0.5, 0.6) is 0 Å². The Hall–Kier alpha value is -0.290. The summed E-state index contributed by atoms with van der Waals surface area (Å²) in [6, 6.07) is 0. The van der Waals surface area contributed by atoms with Crippen LogP contribution < -0.4 is 5.73 Å². The molecule has 0 spiro atoms. The van der Waals surface area contributed by atoms with Crippen LogP contribution in [0.25, 0.3) is 0 Å². The van der Waals surface area contributed by atoms with Crippen LogP contribution in [0.15, 0.2) is 0 Å². The van der Waals surface area contributed by atoms with Gasteiger partial charge in [-0.3, -0.25) is 4.90 Å². The smallest absolute Gasteiger partial charge is 0.329 e. The van der Waals surface area contributed by atoms with Crippen molar-refractivity contribution in [1.29, 1.82) is 0 Å². The predicted octanol–water partition coefficient (Wildman–Crippen LogP) is 3.56. The number of hydrogen-bond donors (Lipinski definition) is 1. The van der Waals surface area contributed by atoms with Crippen molar-refractivity contribution < 1.29 is 13.2 Å². The molecule has 1 aliphatic carbocycles. The van der Waals surface area contributed by atoms with E-state index < -0.39 is 12.1 Å². The molecule has 0 atom stereocenters. The number of nitrogens with two attached hydrogens (primary N) is 1. The Bertz CT molecular complexity index is 252. The first-order valence-electron chi connectivity index (χ1n) is 7.41. The van der Waals surface area contributed by atoms with Gasteiger partial charge in [-0.2, -0.15) is 13.2 Å². The number of hydrogen-bond acceptors (Lipinski definition) is 2. The van der Waals surface area contributed by atoms with Gasteiger partial charge in [-0.1, -0.05) is 13.8 Å². The maximum atomic E-state index is 12.7. The third-order valence-electron chi connectivity index (χ3n) is 4.42. The number of nitrogens with zero attached hydrogens (tertiary/aromatic N) is 1. The van der Waals surface area contributed by atoms with Gasteiger partial charge >= 0.3 is 6.18 Å². The van der Waals surface area contributed by atoms with E-state index in [0.717, 1.165) is 25.9 Å². The molecular formula is C14H27F3N2. The highest BCUT2D eigenvalue weighted by Gasteiger charge is 2.47. The average molecular weight is 280 g/mol. The molecule has 19 heavy (non-hydrogen) atoms. The summed E-state index contributed by atoms with van der Waals surface area (Å²) in [4.78, 5) is 2.33. The zero-order chi connectivity index (χ0) is 14.5. The summed E-state index contributed by atoms with van der Waals surface area (Å²) in [7, 11) is 0. The van der Waals surface area contributed by atoms with Gasteiger partial charge in [0.05, 0.1) is 5.92 Å². The number of rotatable bonds is 6. The second-order valence-corrected chi connectivity index (χ2v) is 5.73. The summed E-state index contributed by atoms with van der Waals surface area (Å²) >= 11 is 0. The maximum Gasteiger partial charge on any atom is 0.391 e. The largest absolute Gasteiger partial charge is 0.391 e. The summed E-state index contributed by atoms with van der Waals surface area (Å²) < 4.78 is 38.2. The fraction of sp³-hybridized carbons (Fsp3) is 1.00. The molecular weight excluding hydrogens is 253 g/mol. The van der Waals surface area contributed by atoms with E-state index in [1.807, 2.05) is 0 Å². The van der Waals surface area contributed by atoms with Crippen molar-refractivity contribution in [3.05, 3.63) is 0 Å². The van der Waals surface area contributed by atoms with Gasteiger partial charge in [-0.15, -0.1) is 0 Å². The molecule has 0 amide bonds. The molecule has 2 nitrogen and oxygen atoms in total. The number of alkyl halides is 3. The Morgan fingerprint density at radius 3 is 1.89 bits per heavy atom. The quantitative estimate of drug-likeness (QED) is 0.806. The monoisotopic (exact) mass is 280 g/mol. The van der Waals surface area contributed by atoms with E-state index in [1.165, 1.54) is 0 Å². The zero-order valence-corrected chi connectivity index (χ0v) is 12.1. The summed E-state index contributed by atoms with van der Waals surface area (Å²) in [5.41, 5.74) is 5.73. The highest BCUT2D eigenvalue weighted by atomic mass is 19.4. The van der Waals surface area contributed by atoms with Crippen LogP contribution in [0.3, 0.4) is 0 Å². The fourth-order valence-corrected chi connectivity index (χ4v) is 3.26. The zero-order valence-electron chi connectivity index (χ0n) is 12.1. The first-order chi connectivity index (χ1) is 8.89. The lowest BCUT2D eigenvalue weighted by molar-refractivity contribution is -0.188. The van der Waals surface area contributed by atoms with Crippen LogP contribution in [-0.2, 0) is 0 Å². The topological polar surface area (TPSA) is 29.3 Å². The molecule has 1 saturated carbocycles. The van der Waals surface area contributed by atoms with Gasteiger partial charge in [0, 0.05) is 12.1 Å². The van der Waals surface area contributed by atoms with Crippen molar-refractivity contribution in [2.24, 2.45) is 11.7 Å². The lowest BCUT2D eigenvalue weighted by Gasteiger charge is -2.48. The predicted molar refractivity (Wildman–Crippen MR) is 72.0 cm³/mol. The molecule has 0 aromatic rings. The van der Waals surface area contributed by atoms with Crippen molar-refractivity contribution >= 4 is 0 Å². The van der Waals surface area contributed by atoms with Crippen LogP contribution in [-0.4, -0.2) is 36.2 Å². The van der Waals surface area contributed by atoms with E-state index >= 15 is 0 Å². The van der Waals surface area contributed by atoms with Gasteiger partial charge in [0.1, 0.15) is 0 Å². The molecule has 0 aromatic carbocycles. The second kappa shape index (κ2) is 6.93. The minimum atomic E-state index is -4.04. The normalized spacial score (nSPS) is 28.9. The molecule has 1 aliphatic rings. The molecule has 1 fully saturated rings. The molecule has 0 heterocycles. The molecule has 0 unspecified atom stereocenters. The SMILES string of the molecule is CCCN(CCC)C1(CN)CCC(C(F)(F)F)CC1. The highest BCUT2D eigenvalue weighted by molar-refractivity contribution is 4.96. The first kappa shape index (κ1) is 16.8. The lowest BCUT2D eigenvalue weighted by Crippen LogP contribution is -2.57.